The van der Waals surface area contributed by atoms with Gasteiger partial charge in [0.1, 0.15) is 0 Å². The van der Waals surface area contributed by atoms with E-state index in [1.165, 1.54) is 4.90 Å². The van der Waals surface area contributed by atoms with Crippen LogP contribution in [0.1, 0.15) is 20.3 Å². The maximum absolute atomic E-state index is 11.8. The lowest BCUT2D eigenvalue weighted by molar-refractivity contribution is -0.142. The monoisotopic (exact) mass is 292 g/mol. The molecule has 1 saturated heterocycles. The summed E-state index contributed by atoms with van der Waals surface area (Å²) in [5.74, 6) is -1.51. The second-order valence-electron chi connectivity index (χ2n) is 4.64. The van der Waals surface area contributed by atoms with Gasteiger partial charge in [-0.2, -0.15) is 0 Å². The Kier molecular flexibility index (Phi) is 5.16. The van der Waals surface area contributed by atoms with Crippen LogP contribution in [0, 0.1) is 5.92 Å². The summed E-state index contributed by atoms with van der Waals surface area (Å²) >= 11 is 0. The highest BCUT2D eigenvalue weighted by molar-refractivity contribution is 7.91. The number of carbonyl (C=O) groups is 2. The lowest BCUT2D eigenvalue weighted by atomic mass is 10.0. The predicted octanol–water partition coefficient (Wildman–Crippen LogP) is -0.0743. The second kappa shape index (κ2) is 6.23. The smallest absolute Gasteiger partial charge is 0.317 e. The molecule has 0 aromatic heterocycles. The van der Waals surface area contributed by atoms with E-state index in [4.69, 9.17) is 5.11 Å². The minimum Gasteiger partial charge on any atom is -0.481 e. The first-order valence-electron chi connectivity index (χ1n) is 6.26. The van der Waals surface area contributed by atoms with Crippen LogP contribution in [-0.4, -0.2) is 61.1 Å². The van der Waals surface area contributed by atoms with Crippen molar-refractivity contribution in [2.24, 2.45) is 5.92 Å². The maximum atomic E-state index is 11.8. The fourth-order valence-corrected chi connectivity index (χ4v) is 2.82. The van der Waals surface area contributed by atoms with Crippen LogP contribution in [0.5, 0.6) is 0 Å². The van der Waals surface area contributed by atoms with Gasteiger partial charge in [-0.25, -0.2) is 13.2 Å². The number of hydrogen-bond acceptors (Lipinski definition) is 4. The molecule has 2 N–H and O–H groups in total. The Balaban J connectivity index is 2.45. The van der Waals surface area contributed by atoms with E-state index >= 15 is 0 Å². The number of carboxylic acid groups (broad SMARTS) is 1. The fourth-order valence-electron chi connectivity index (χ4n) is 2.12. The highest BCUT2D eigenvalue weighted by atomic mass is 32.2. The molecule has 1 rings (SSSR count). The van der Waals surface area contributed by atoms with Crippen LogP contribution in [0.4, 0.5) is 4.79 Å². The molecule has 0 aromatic carbocycles. The summed E-state index contributed by atoms with van der Waals surface area (Å²) in [6.45, 7) is 3.67. The first kappa shape index (κ1) is 15.7. The largest absolute Gasteiger partial charge is 0.481 e. The molecule has 2 unspecified atom stereocenters. The van der Waals surface area contributed by atoms with Crippen molar-refractivity contribution in [2.75, 3.05) is 24.6 Å². The number of rotatable bonds is 5. The molecular formula is C11H20N2O5S. The van der Waals surface area contributed by atoms with Gasteiger partial charge in [0.25, 0.3) is 0 Å². The van der Waals surface area contributed by atoms with Crippen molar-refractivity contribution in [2.45, 2.75) is 26.3 Å². The number of sulfone groups is 1. The lowest BCUT2D eigenvalue weighted by Crippen LogP contribution is -2.45. The lowest BCUT2D eigenvalue weighted by Gasteiger charge is -2.23. The van der Waals surface area contributed by atoms with Crippen LogP contribution >= 0.6 is 0 Å². The van der Waals surface area contributed by atoms with Crippen LogP contribution in [0.3, 0.4) is 0 Å². The molecule has 8 heteroatoms. The Morgan fingerprint density at radius 2 is 2.05 bits per heavy atom. The quantitative estimate of drug-likeness (QED) is 0.738. The van der Waals surface area contributed by atoms with E-state index in [1.807, 2.05) is 0 Å². The fraction of sp³-hybridized carbons (Fsp3) is 0.818. The van der Waals surface area contributed by atoms with E-state index in [-0.39, 0.29) is 24.1 Å². The molecule has 0 bridgehead atoms. The molecule has 1 heterocycles. The van der Waals surface area contributed by atoms with Gasteiger partial charge >= 0.3 is 12.0 Å². The molecule has 0 aromatic rings. The number of urea groups is 1. The average Bonchev–Trinajstić information content (AvgIpc) is 2.71. The van der Waals surface area contributed by atoms with Gasteiger partial charge in [0.2, 0.25) is 0 Å². The standard InChI is InChI=1S/C11H20N2O5S/c1-3-19(17,18)7-5-12-11(16)13-6-4-9(8(13)2)10(14)15/h8-9H,3-7H2,1-2H3,(H,12,16)(H,14,15). The zero-order valence-corrected chi connectivity index (χ0v) is 11.9. The van der Waals surface area contributed by atoms with Gasteiger partial charge in [-0.05, 0) is 13.3 Å². The van der Waals surface area contributed by atoms with E-state index in [9.17, 15) is 18.0 Å². The summed E-state index contributed by atoms with van der Waals surface area (Å²) in [6, 6.07) is -0.775. The second-order valence-corrected chi connectivity index (χ2v) is 7.11. The predicted molar refractivity (Wildman–Crippen MR) is 69.6 cm³/mol. The van der Waals surface area contributed by atoms with E-state index < -0.39 is 27.8 Å². The van der Waals surface area contributed by atoms with Crippen LogP contribution in [0.2, 0.25) is 0 Å². The molecule has 2 amide bonds. The van der Waals surface area contributed by atoms with Crippen molar-refractivity contribution >= 4 is 21.8 Å². The molecule has 2 atom stereocenters. The van der Waals surface area contributed by atoms with Crippen molar-refractivity contribution < 1.29 is 23.1 Å². The third-order valence-electron chi connectivity index (χ3n) is 3.46. The highest BCUT2D eigenvalue weighted by Crippen LogP contribution is 2.24. The molecule has 7 nitrogen and oxygen atoms in total. The Morgan fingerprint density at radius 3 is 2.53 bits per heavy atom. The Labute approximate surface area is 112 Å². The third-order valence-corrected chi connectivity index (χ3v) is 5.17. The summed E-state index contributed by atoms with van der Waals surface area (Å²) in [7, 11) is -3.10. The van der Waals surface area contributed by atoms with Gasteiger partial charge in [-0.3, -0.25) is 4.79 Å². The first-order chi connectivity index (χ1) is 8.78. The number of carboxylic acids is 1. The molecule has 1 aliphatic rings. The summed E-state index contributed by atoms with van der Waals surface area (Å²) in [6.07, 6.45) is 0.428. The Morgan fingerprint density at radius 1 is 1.42 bits per heavy atom. The van der Waals surface area contributed by atoms with Crippen LogP contribution in [0.25, 0.3) is 0 Å². The van der Waals surface area contributed by atoms with Crippen LogP contribution in [-0.2, 0) is 14.6 Å². The average molecular weight is 292 g/mol. The van der Waals surface area contributed by atoms with E-state index in [0.29, 0.717) is 13.0 Å². The summed E-state index contributed by atoms with van der Waals surface area (Å²) < 4.78 is 22.5. The number of carbonyl (C=O) groups excluding carboxylic acids is 1. The topological polar surface area (TPSA) is 104 Å². The molecule has 0 spiro atoms. The van der Waals surface area contributed by atoms with Crippen LogP contribution in [0.15, 0.2) is 0 Å². The van der Waals surface area contributed by atoms with Crippen molar-refractivity contribution in [1.82, 2.24) is 10.2 Å². The Bertz CT molecular complexity index is 448. The molecule has 1 aliphatic heterocycles. The van der Waals surface area contributed by atoms with Crippen molar-refractivity contribution in [3.8, 4) is 0 Å². The van der Waals surface area contributed by atoms with Crippen molar-refractivity contribution in [1.29, 1.82) is 0 Å². The van der Waals surface area contributed by atoms with Crippen molar-refractivity contribution in [3.05, 3.63) is 0 Å². The number of hydrogen-bond donors (Lipinski definition) is 2. The van der Waals surface area contributed by atoms with Gasteiger partial charge in [0.05, 0.1) is 11.7 Å². The van der Waals surface area contributed by atoms with Gasteiger partial charge in [-0.15, -0.1) is 0 Å². The van der Waals surface area contributed by atoms with Gasteiger partial charge in [0.15, 0.2) is 9.84 Å². The summed E-state index contributed by atoms with van der Waals surface area (Å²) in [5, 5.41) is 11.5. The molecule has 0 aliphatic carbocycles. The summed E-state index contributed by atoms with van der Waals surface area (Å²) in [4.78, 5) is 24.2. The van der Waals surface area contributed by atoms with Gasteiger partial charge in [-0.1, -0.05) is 6.92 Å². The Hall–Kier alpha value is -1.31. The normalized spacial score (nSPS) is 23.4. The number of amides is 2. The van der Waals surface area contributed by atoms with E-state index in [1.54, 1.807) is 13.8 Å². The highest BCUT2D eigenvalue weighted by Gasteiger charge is 2.37. The number of nitrogens with zero attached hydrogens (tertiary/aromatic N) is 1. The maximum Gasteiger partial charge on any atom is 0.317 e. The minimum atomic E-state index is -3.10. The molecule has 19 heavy (non-hydrogen) atoms. The van der Waals surface area contributed by atoms with Gasteiger partial charge < -0.3 is 15.3 Å². The molecule has 0 saturated carbocycles. The zero-order chi connectivity index (χ0) is 14.6. The zero-order valence-electron chi connectivity index (χ0n) is 11.1. The number of likely N-dealkylation sites (tertiary alicyclic amines) is 1. The number of nitrogens with one attached hydrogen (secondary N) is 1. The summed E-state index contributed by atoms with van der Waals surface area (Å²) in [5.41, 5.74) is 0. The van der Waals surface area contributed by atoms with E-state index in [2.05, 4.69) is 5.32 Å². The van der Waals surface area contributed by atoms with Crippen LogP contribution < -0.4 is 5.32 Å². The van der Waals surface area contributed by atoms with E-state index in [0.717, 1.165) is 0 Å². The van der Waals surface area contributed by atoms with Gasteiger partial charge in [0, 0.05) is 24.9 Å². The third kappa shape index (κ3) is 4.09. The minimum absolute atomic E-state index is 0.0457. The molecule has 110 valence electrons. The SMILES string of the molecule is CCS(=O)(=O)CCNC(=O)N1CCC(C(=O)O)C1C. The molecule has 0 radical (unpaired) electrons. The first-order valence-corrected chi connectivity index (χ1v) is 8.08. The molecular weight excluding hydrogens is 272 g/mol. The number of aliphatic carboxylic acids is 1. The molecule has 1 fully saturated rings. The van der Waals surface area contributed by atoms with Crippen molar-refractivity contribution in [3.63, 3.8) is 0 Å².